The van der Waals surface area contributed by atoms with Crippen LogP contribution in [0, 0.1) is 12.8 Å². The average molecular weight is 341 g/mol. The molecule has 2 heterocycles. The van der Waals surface area contributed by atoms with E-state index in [1.165, 1.54) is 0 Å². The molecule has 1 saturated heterocycles. The summed E-state index contributed by atoms with van der Waals surface area (Å²) in [4.78, 5) is 37.8. The van der Waals surface area contributed by atoms with Gasteiger partial charge in [-0.1, -0.05) is 17.7 Å². The zero-order valence-electron chi connectivity index (χ0n) is 13.8. The monoisotopic (exact) mass is 341 g/mol. The number of likely N-dealkylation sites (tertiary alicyclic amines) is 1. The van der Waals surface area contributed by atoms with Crippen LogP contribution < -0.4 is 10.9 Å². The number of furan rings is 1. The van der Waals surface area contributed by atoms with Gasteiger partial charge < -0.3 is 9.32 Å². The molecule has 1 fully saturated rings. The molecule has 130 valence electrons. The summed E-state index contributed by atoms with van der Waals surface area (Å²) < 4.78 is 5.22. The number of rotatable bonds is 4. The SMILES string of the molecule is Cc1ccc(C(=O)NNC(=O)C2CC(=O)N(Cc3ccco3)C2)cc1. The topological polar surface area (TPSA) is 91.7 Å². The summed E-state index contributed by atoms with van der Waals surface area (Å²) in [6.45, 7) is 2.56. The number of carbonyl (C=O) groups excluding carboxylic acids is 3. The molecule has 0 aliphatic carbocycles. The predicted octanol–water partition coefficient (Wildman–Crippen LogP) is 1.40. The van der Waals surface area contributed by atoms with E-state index in [-0.39, 0.29) is 18.2 Å². The summed E-state index contributed by atoms with van der Waals surface area (Å²) >= 11 is 0. The molecule has 0 saturated carbocycles. The first-order valence-electron chi connectivity index (χ1n) is 8.00. The zero-order valence-corrected chi connectivity index (χ0v) is 13.8. The molecular formula is C18H19N3O4. The van der Waals surface area contributed by atoms with Gasteiger partial charge in [0, 0.05) is 18.5 Å². The van der Waals surface area contributed by atoms with Crippen molar-refractivity contribution in [3.63, 3.8) is 0 Å². The van der Waals surface area contributed by atoms with Crippen LogP contribution in [0.4, 0.5) is 0 Å². The number of amides is 3. The van der Waals surface area contributed by atoms with Gasteiger partial charge >= 0.3 is 0 Å². The molecule has 2 N–H and O–H groups in total. The number of hydrazine groups is 1. The van der Waals surface area contributed by atoms with E-state index in [9.17, 15) is 14.4 Å². The second-order valence-corrected chi connectivity index (χ2v) is 6.06. The standard InChI is InChI=1S/C18H19N3O4/c1-12-4-6-13(7-5-12)17(23)19-20-18(24)14-9-16(22)21(10-14)11-15-3-2-8-25-15/h2-8,14H,9-11H2,1H3,(H,19,23)(H,20,24). The molecule has 2 aromatic rings. The number of nitrogens with one attached hydrogen (secondary N) is 2. The molecule has 1 atom stereocenters. The molecule has 7 heteroatoms. The summed E-state index contributed by atoms with van der Waals surface area (Å²) in [6.07, 6.45) is 1.66. The summed E-state index contributed by atoms with van der Waals surface area (Å²) in [5.74, 6) is -0.717. The molecule has 1 aliphatic heterocycles. The molecule has 0 bridgehead atoms. The zero-order chi connectivity index (χ0) is 17.8. The molecule has 1 aromatic carbocycles. The van der Waals surface area contributed by atoms with Gasteiger partial charge in [0.05, 0.1) is 18.7 Å². The maximum absolute atomic E-state index is 12.2. The van der Waals surface area contributed by atoms with E-state index in [1.807, 2.05) is 19.1 Å². The highest BCUT2D eigenvalue weighted by Gasteiger charge is 2.34. The van der Waals surface area contributed by atoms with Gasteiger partial charge in [-0.3, -0.25) is 25.2 Å². The number of hydrogen-bond acceptors (Lipinski definition) is 4. The molecule has 1 aromatic heterocycles. The van der Waals surface area contributed by atoms with Crippen LogP contribution in [0.25, 0.3) is 0 Å². The minimum absolute atomic E-state index is 0.110. The Bertz CT molecular complexity index is 768. The van der Waals surface area contributed by atoms with Crippen LogP contribution in [0.15, 0.2) is 47.1 Å². The third-order valence-corrected chi connectivity index (χ3v) is 4.13. The van der Waals surface area contributed by atoms with Gasteiger partial charge in [0.1, 0.15) is 5.76 Å². The number of benzene rings is 1. The van der Waals surface area contributed by atoms with Crippen LogP contribution in [-0.2, 0) is 16.1 Å². The predicted molar refractivity (Wildman–Crippen MR) is 89.0 cm³/mol. The number of carbonyl (C=O) groups is 3. The lowest BCUT2D eigenvalue weighted by molar-refractivity contribution is -0.129. The fraction of sp³-hybridized carbons (Fsp3) is 0.278. The highest BCUT2D eigenvalue weighted by Crippen LogP contribution is 2.20. The van der Waals surface area contributed by atoms with Gasteiger partial charge in [-0.2, -0.15) is 0 Å². The number of nitrogens with zero attached hydrogens (tertiary/aromatic N) is 1. The van der Waals surface area contributed by atoms with Gasteiger partial charge in [-0.15, -0.1) is 0 Å². The lowest BCUT2D eigenvalue weighted by Crippen LogP contribution is -2.45. The lowest BCUT2D eigenvalue weighted by atomic mass is 10.1. The van der Waals surface area contributed by atoms with Crippen LogP contribution in [-0.4, -0.2) is 29.2 Å². The Morgan fingerprint density at radius 3 is 2.64 bits per heavy atom. The van der Waals surface area contributed by atoms with Crippen molar-refractivity contribution in [3.8, 4) is 0 Å². The van der Waals surface area contributed by atoms with Crippen molar-refractivity contribution in [2.45, 2.75) is 19.9 Å². The molecule has 25 heavy (non-hydrogen) atoms. The van der Waals surface area contributed by atoms with Gasteiger partial charge in [-0.25, -0.2) is 0 Å². The van der Waals surface area contributed by atoms with Crippen molar-refractivity contribution in [2.24, 2.45) is 5.92 Å². The van der Waals surface area contributed by atoms with E-state index in [0.29, 0.717) is 24.4 Å². The number of aryl methyl sites for hydroxylation is 1. The molecular weight excluding hydrogens is 322 g/mol. The second kappa shape index (κ2) is 7.21. The van der Waals surface area contributed by atoms with Crippen molar-refractivity contribution < 1.29 is 18.8 Å². The molecule has 0 radical (unpaired) electrons. The largest absolute Gasteiger partial charge is 0.467 e. The molecule has 1 aliphatic rings. The average Bonchev–Trinajstić information content (AvgIpc) is 3.24. The molecule has 0 spiro atoms. The van der Waals surface area contributed by atoms with Gasteiger partial charge in [-0.05, 0) is 31.2 Å². The molecule has 1 unspecified atom stereocenters. The molecule has 3 rings (SSSR count). The van der Waals surface area contributed by atoms with E-state index < -0.39 is 11.8 Å². The first-order valence-corrected chi connectivity index (χ1v) is 8.00. The highest BCUT2D eigenvalue weighted by atomic mass is 16.3. The lowest BCUT2D eigenvalue weighted by Gasteiger charge is -2.15. The van der Waals surface area contributed by atoms with Crippen LogP contribution in [0.3, 0.4) is 0 Å². The van der Waals surface area contributed by atoms with E-state index in [0.717, 1.165) is 5.56 Å². The van der Waals surface area contributed by atoms with Crippen molar-refractivity contribution in [2.75, 3.05) is 6.54 Å². The van der Waals surface area contributed by atoms with Crippen LogP contribution in [0.1, 0.15) is 28.1 Å². The highest BCUT2D eigenvalue weighted by molar-refractivity contribution is 5.96. The first-order chi connectivity index (χ1) is 12.0. The Balaban J connectivity index is 1.51. The van der Waals surface area contributed by atoms with Crippen molar-refractivity contribution >= 4 is 17.7 Å². The van der Waals surface area contributed by atoms with Gasteiger partial charge in [0.2, 0.25) is 11.8 Å². The fourth-order valence-electron chi connectivity index (χ4n) is 2.69. The summed E-state index contributed by atoms with van der Waals surface area (Å²) in [5.41, 5.74) is 6.28. The molecule has 3 amide bonds. The Kier molecular flexibility index (Phi) is 4.83. The quantitative estimate of drug-likeness (QED) is 0.822. The van der Waals surface area contributed by atoms with Crippen molar-refractivity contribution in [1.82, 2.24) is 15.8 Å². The molecule has 7 nitrogen and oxygen atoms in total. The third-order valence-electron chi connectivity index (χ3n) is 4.13. The van der Waals surface area contributed by atoms with Crippen LogP contribution in [0.5, 0.6) is 0 Å². The Labute approximate surface area is 145 Å². The van der Waals surface area contributed by atoms with E-state index >= 15 is 0 Å². The summed E-state index contributed by atoms with van der Waals surface area (Å²) in [6, 6.07) is 10.5. The smallest absolute Gasteiger partial charge is 0.269 e. The third kappa shape index (κ3) is 4.06. The van der Waals surface area contributed by atoms with E-state index in [4.69, 9.17) is 4.42 Å². The summed E-state index contributed by atoms with van der Waals surface area (Å²) in [5, 5.41) is 0. The first kappa shape index (κ1) is 16.8. The Hall–Kier alpha value is -3.09. The fourth-order valence-corrected chi connectivity index (χ4v) is 2.69. The van der Waals surface area contributed by atoms with E-state index in [1.54, 1.807) is 35.4 Å². The van der Waals surface area contributed by atoms with Crippen molar-refractivity contribution in [1.29, 1.82) is 0 Å². The minimum atomic E-state index is -0.499. The van der Waals surface area contributed by atoms with E-state index in [2.05, 4.69) is 10.9 Å². The number of hydrogen-bond donors (Lipinski definition) is 2. The minimum Gasteiger partial charge on any atom is -0.467 e. The Morgan fingerprint density at radius 2 is 1.96 bits per heavy atom. The van der Waals surface area contributed by atoms with Gasteiger partial charge in [0.15, 0.2) is 0 Å². The maximum atomic E-state index is 12.2. The van der Waals surface area contributed by atoms with Gasteiger partial charge in [0.25, 0.3) is 5.91 Å². The normalized spacial score (nSPS) is 16.8. The second-order valence-electron chi connectivity index (χ2n) is 6.06. The maximum Gasteiger partial charge on any atom is 0.269 e. The Morgan fingerprint density at radius 1 is 1.20 bits per heavy atom. The van der Waals surface area contributed by atoms with Crippen LogP contribution in [0.2, 0.25) is 0 Å². The summed E-state index contributed by atoms with van der Waals surface area (Å²) in [7, 11) is 0. The van der Waals surface area contributed by atoms with Crippen LogP contribution >= 0.6 is 0 Å². The van der Waals surface area contributed by atoms with Crippen molar-refractivity contribution in [3.05, 3.63) is 59.5 Å².